The third-order valence-corrected chi connectivity index (χ3v) is 5.30. The van der Waals surface area contributed by atoms with Crippen LogP contribution in [0, 0.1) is 0 Å². The van der Waals surface area contributed by atoms with Crippen LogP contribution in [-0.4, -0.2) is 54.0 Å². The zero-order chi connectivity index (χ0) is 21.0. The monoisotopic (exact) mass is 413 g/mol. The Morgan fingerprint density at radius 3 is 2.14 bits per heavy atom. The third kappa shape index (κ3) is 4.65. The lowest BCUT2D eigenvalue weighted by atomic mass is 10.1. The first-order valence-corrected chi connectivity index (χ1v) is 9.48. The van der Waals surface area contributed by atoms with Crippen molar-refractivity contribution in [2.45, 2.75) is 19.0 Å². The zero-order valence-electron chi connectivity index (χ0n) is 16.5. The van der Waals surface area contributed by atoms with E-state index < -0.39 is 6.04 Å². The van der Waals surface area contributed by atoms with Crippen LogP contribution in [0.15, 0.2) is 48.5 Å². The Balaban J connectivity index is 1.70. The molecule has 29 heavy (non-hydrogen) atoms. The van der Waals surface area contributed by atoms with E-state index >= 15 is 0 Å². The molecule has 1 atom stereocenters. The summed E-state index contributed by atoms with van der Waals surface area (Å²) < 4.78 is 10.3. The molecule has 1 aliphatic rings. The van der Waals surface area contributed by atoms with E-state index in [1.54, 1.807) is 50.4 Å². The Hall–Kier alpha value is -3.13. The number of benzene rings is 2. The molecule has 152 valence electrons. The second-order valence-corrected chi connectivity index (χ2v) is 7.02. The van der Waals surface area contributed by atoms with E-state index in [-0.39, 0.29) is 18.2 Å². The Labute approximate surface area is 175 Å². The molecular weight excluding hydrogens is 390 g/mol. The van der Waals surface area contributed by atoms with Gasteiger partial charge in [-0.15, -0.1) is 0 Å². The number of hydrogen-bond acceptors (Lipinski definition) is 5. The van der Waals surface area contributed by atoms with Gasteiger partial charge in [0.1, 0.15) is 17.5 Å². The number of nitrogens with zero attached hydrogens (tertiary/aromatic N) is 2. The largest absolute Gasteiger partial charge is 0.497 e. The van der Waals surface area contributed by atoms with Crippen molar-refractivity contribution in [3.63, 3.8) is 0 Å². The quantitative estimate of drug-likeness (QED) is 0.704. The molecule has 3 rings (SSSR count). The van der Waals surface area contributed by atoms with Crippen molar-refractivity contribution in [3.8, 4) is 11.5 Å². The number of amides is 2. The Morgan fingerprint density at radius 2 is 1.59 bits per heavy atom. The smallest absolute Gasteiger partial charge is 0.251 e. The summed E-state index contributed by atoms with van der Waals surface area (Å²) in [6, 6.07) is 13.9. The zero-order valence-corrected chi connectivity index (χ0v) is 17.4. The first kappa shape index (κ1) is 20.6. The molecule has 2 aromatic rings. The average molecular weight is 413 g/mol. The molecule has 1 fully saturated rings. The Morgan fingerprint density at radius 1 is 1.03 bits per heavy atom. The van der Waals surface area contributed by atoms with Crippen LogP contribution in [0.2, 0.25) is 0 Å². The number of carbonyl (C=O) groups is 2. The second-order valence-electron chi connectivity index (χ2n) is 6.65. The minimum absolute atomic E-state index is 0.00545. The maximum Gasteiger partial charge on any atom is 0.251 e. The number of likely N-dealkylation sites (N-methyl/N-ethyl adjacent to an activating group) is 1. The molecule has 0 bridgehead atoms. The molecule has 1 unspecified atom stereocenters. The highest BCUT2D eigenvalue weighted by Gasteiger charge is 2.41. The van der Waals surface area contributed by atoms with Gasteiger partial charge in [0.25, 0.3) is 5.91 Å². The molecule has 1 aliphatic heterocycles. The predicted octanol–water partition coefficient (Wildman–Crippen LogP) is 2.66. The number of thiocarbonyl (C=S) groups is 1. The maximum absolute atomic E-state index is 12.7. The summed E-state index contributed by atoms with van der Waals surface area (Å²) in [7, 11) is 4.82. The van der Waals surface area contributed by atoms with Gasteiger partial charge >= 0.3 is 0 Å². The number of carbonyl (C=O) groups excluding carboxylic acids is 2. The van der Waals surface area contributed by atoms with Crippen LogP contribution in [0.5, 0.6) is 11.5 Å². The van der Waals surface area contributed by atoms with E-state index in [1.807, 2.05) is 24.3 Å². The fourth-order valence-electron chi connectivity index (χ4n) is 3.14. The van der Waals surface area contributed by atoms with Crippen molar-refractivity contribution in [1.82, 2.24) is 9.80 Å². The van der Waals surface area contributed by atoms with Crippen LogP contribution in [0.3, 0.4) is 0 Å². The van der Waals surface area contributed by atoms with Gasteiger partial charge < -0.3 is 19.7 Å². The molecule has 0 aliphatic carbocycles. The highest BCUT2D eigenvalue weighted by molar-refractivity contribution is 7.80. The molecule has 0 saturated carbocycles. The van der Waals surface area contributed by atoms with E-state index in [4.69, 9.17) is 21.7 Å². The van der Waals surface area contributed by atoms with Crippen LogP contribution in [0.1, 0.15) is 12.0 Å². The van der Waals surface area contributed by atoms with E-state index in [0.717, 1.165) is 11.3 Å². The summed E-state index contributed by atoms with van der Waals surface area (Å²) in [5.74, 6) is 1.01. The van der Waals surface area contributed by atoms with Gasteiger partial charge in [-0.3, -0.25) is 14.5 Å². The molecule has 0 spiro atoms. The Kier molecular flexibility index (Phi) is 6.33. The number of methoxy groups -OCH3 is 2. The lowest BCUT2D eigenvalue weighted by Crippen LogP contribution is -2.37. The van der Waals surface area contributed by atoms with Gasteiger partial charge in [-0.1, -0.05) is 12.1 Å². The molecule has 0 aromatic heterocycles. The summed E-state index contributed by atoms with van der Waals surface area (Å²) in [4.78, 5) is 28.4. The van der Waals surface area contributed by atoms with Crippen LogP contribution in [-0.2, 0) is 16.1 Å². The van der Waals surface area contributed by atoms with Crippen molar-refractivity contribution in [1.29, 1.82) is 0 Å². The topological polar surface area (TPSA) is 71.1 Å². The molecule has 1 N–H and O–H groups in total. The summed E-state index contributed by atoms with van der Waals surface area (Å²) in [5, 5.41) is 3.23. The fourth-order valence-corrected chi connectivity index (χ4v) is 3.42. The maximum atomic E-state index is 12.7. The van der Waals surface area contributed by atoms with Crippen molar-refractivity contribution < 1.29 is 19.1 Å². The normalized spacial score (nSPS) is 16.2. The standard InChI is InChI=1S/C21H23N3O4S/c1-23-20(26)18(12-19(25)22-15-6-10-17(28-3)11-7-15)24(21(23)29)13-14-4-8-16(27-2)9-5-14/h4-11,18H,12-13H2,1-3H3,(H,22,25). The Bertz CT molecular complexity index is 899. The van der Waals surface area contributed by atoms with Crippen molar-refractivity contribution in [3.05, 3.63) is 54.1 Å². The molecule has 2 aromatic carbocycles. The minimum atomic E-state index is -0.646. The van der Waals surface area contributed by atoms with Gasteiger partial charge in [0.15, 0.2) is 5.11 Å². The van der Waals surface area contributed by atoms with E-state index in [2.05, 4.69) is 5.32 Å². The molecule has 1 saturated heterocycles. The third-order valence-electron chi connectivity index (χ3n) is 4.79. The summed E-state index contributed by atoms with van der Waals surface area (Å²) >= 11 is 5.44. The van der Waals surface area contributed by atoms with Gasteiger partial charge in [-0.05, 0) is 54.2 Å². The van der Waals surface area contributed by atoms with Gasteiger partial charge in [0.2, 0.25) is 5.91 Å². The van der Waals surface area contributed by atoms with E-state index in [9.17, 15) is 9.59 Å². The summed E-state index contributed by atoms with van der Waals surface area (Å²) in [6.07, 6.45) is 0.00545. The molecule has 2 amide bonds. The predicted molar refractivity (Wildman–Crippen MR) is 114 cm³/mol. The number of hydrogen-bond donors (Lipinski definition) is 1. The molecule has 1 heterocycles. The number of ether oxygens (including phenoxy) is 2. The summed E-state index contributed by atoms with van der Waals surface area (Å²) in [5.41, 5.74) is 1.61. The van der Waals surface area contributed by atoms with E-state index in [0.29, 0.717) is 23.1 Å². The number of rotatable bonds is 7. The number of anilines is 1. The van der Waals surface area contributed by atoms with Crippen molar-refractivity contribution >= 4 is 34.8 Å². The van der Waals surface area contributed by atoms with Crippen LogP contribution in [0.25, 0.3) is 0 Å². The lowest BCUT2D eigenvalue weighted by molar-refractivity contribution is -0.130. The minimum Gasteiger partial charge on any atom is -0.497 e. The highest BCUT2D eigenvalue weighted by Crippen LogP contribution is 2.24. The van der Waals surface area contributed by atoms with Gasteiger partial charge in [-0.2, -0.15) is 0 Å². The highest BCUT2D eigenvalue weighted by atomic mass is 32.1. The molecular formula is C21H23N3O4S. The second kappa shape index (κ2) is 8.91. The van der Waals surface area contributed by atoms with Crippen molar-refractivity contribution in [2.75, 3.05) is 26.6 Å². The molecule has 7 nitrogen and oxygen atoms in total. The van der Waals surface area contributed by atoms with Crippen molar-refractivity contribution in [2.24, 2.45) is 0 Å². The van der Waals surface area contributed by atoms with Gasteiger partial charge in [-0.25, -0.2) is 0 Å². The van der Waals surface area contributed by atoms with Gasteiger partial charge in [0.05, 0.1) is 20.6 Å². The first-order chi connectivity index (χ1) is 13.9. The fraction of sp³-hybridized carbons (Fsp3) is 0.286. The first-order valence-electron chi connectivity index (χ1n) is 9.08. The van der Waals surface area contributed by atoms with Crippen LogP contribution < -0.4 is 14.8 Å². The van der Waals surface area contributed by atoms with E-state index in [1.165, 1.54) is 4.90 Å². The summed E-state index contributed by atoms with van der Waals surface area (Å²) in [6.45, 7) is 0.430. The van der Waals surface area contributed by atoms with Crippen LogP contribution >= 0.6 is 12.2 Å². The molecule has 0 radical (unpaired) electrons. The number of nitrogens with one attached hydrogen (secondary N) is 1. The van der Waals surface area contributed by atoms with Crippen LogP contribution in [0.4, 0.5) is 5.69 Å². The lowest BCUT2D eigenvalue weighted by Gasteiger charge is -2.23. The van der Waals surface area contributed by atoms with Gasteiger partial charge in [0, 0.05) is 19.3 Å². The average Bonchev–Trinajstić information content (AvgIpc) is 2.93. The SMILES string of the molecule is COc1ccc(CN2C(=S)N(C)C(=O)C2CC(=O)Nc2ccc(OC)cc2)cc1. The molecule has 8 heteroatoms.